The van der Waals surface area contributed by atoms with E-state index in [2.05, 4.69) is 25.7 Å². The lowest BCUT2D eigenvalue weighted by atomic mass is 10.1. The summed E-state index contributed by atoms with van der Waals surface area (Å²) in [4.78, 5) is 16.2. The van der Waals surface area contributed by atoms with Crippen LogP contribution in [0.15, 0.2) is 59.8 Å². The van der Waals surface area contributed by atoms with Gasteiger partial charge >= 0.3 is 0 Å². The number of carbonyl (C=O) groups excluding carboxylic acids is 1. The Bertz CT molecular complexity index is 874. The molecule has 0 aliphatic carbocycles. The van der Waals surface area contributed by atoms with E-state index in [1.807, 2.05) is 43.3 Å². The normalized spacial score (nSPS) is 10.8. The molecule has 2 N–H and O–H groups in total. The summed E-state index contributed by atoms with van der Waals surface area (Å²) < 4.78 is 5.48. The summed E-state index contributed by atoms with van der Waals surface area (Å²) in [5.74, 6) is 0.376. The minimum atomic E-state index is -0.383. The fourth-order valence-corrected chi connectivity index (χ4v) is 2.17. The summed E-state index contributed by atoms with van der Waals surface area (Å²) >= 11 is 0. The van der Waals surface area contributed by atoms with Gasteiger partial charge in [-0.05, 0) is 37.3 Å². The highest BCUT2D eigenvalue weighted by atomic mass is 16.5. The number of hydrogen-bond acceptors (Lipinski definition) is 5. The van der Waals surface area contributed by atoms with E-state index < -0.39 is 0 Å². The number of hydrogen-bond donors (Lipinski definition) is 2. The Balaban J connectivity index is 1.67. The van der Waals surface area contributed by atoms with Crippen LogP contribution in [0.1, 0.15) is 23.1 Å². The number of nitrogens with zero attached hydrogens (tertiary/aromatic N) is 3. The Morgan fingerprint density at radius 2 is 2.20 bits per heavy atom. The fraction of sp³-hybridized carbons (Fsp3) is 0.111. The van der Waals surface area contributed by atoms with E-state index >= 15 is 0 Å². The van der Waals surface area contributed by atoms with Crippen LogP contribution in [0.4, 0.5) is 0 Å². The van der Waals surface area contributed by atoms with E-state index in [1.165, 1.54) is 6.21 Å². The van der Waals surface area contributed by atoms with Crippen molar-refractivity contribution >= 4 is 12.1 Å². The Kier molecular flexibility index (Phi) is 5.16. The highest BCUT2D eigenvalue weighted by Gasteiger charge is 2.11. The second kappa shape index (κ2) is 7.87. The minimum absolute atomic E-state index is 0.315. The Morgan fingerprint density at radius 1 is 1.28 bits per heavy atom. The van der Waals surface area contributed by atoms with E-state index in [1.54, 1.807) is 18.3 Å². The van der Waals surface area contributed by atoms with Crippen LogP contribution in [0.3, 0.4) is 0 Å². The first-order valence-electron chi connectivity index (χ1n) is 7.79. The van der Waals surface area contributed by atoms with Gasteiger partial charge in [0, 0.05) is 11.8 Å². The molecule has 0 bridgehead atoms. The lowest BCUT2D eigenvalue weighted by molar-refractivity contribution is 0.0950. The minimum Gasteiger partial charge on any atom is -0.494 e. The molecule has 3 rings (SSSR count). The standard InChI is InChI=1S/C18H17N5O2/c1-2-25-15-8-5-6-13(10-15)16-11-17(22-21-16)18(24)23-20-12-14-7-3-4-9-19-14/h3-12H,2H2,1H3,(H,21,22)(H,23,24)/b20-12+. The first-order chi connectivity index (χ1) is 12.3. The van der Waals surface area contributed by atoms with Crippen molar-refractivity contribution in [1.82, 2.24) is 20.6 Å². The maximum atomic E-state index is 12.1. The lowest BCUT2D eigenvalue weighted by Crippen LogP contribution is -2.18. The van der Waals surface area contributed by atoms with E-state index in [-0.39, 0.29) is 5.91 Å². The SMILES string of the molecule is CCOc1cccc(-c2cc(C(=O)N/N=C/c3ccccn3)[nH]n2)c1. The molecule has 25 heavy (non-hydrogen) atoms. The fourth-order valence-electron chi connectivity index (χ4n) is 2.17. The zero-order valence-electron chi connectivity index (χ0n) is 13.6. The molecule has 0 spiro atoms. The van der Waals surface area contributed by atoms with Crippen LogP contribution in [-0.4, -0.2) is 33.9 Å². The summed E-state index contributed by atoms with van der Waals surface area (Å²) in [6.07, 6.45) is 3.13. The molecule has 0 saturated carbocycles. The van der Waals surface area contributed by atoms with Crippen LogP contribution < -0.4 is 10.2 Å². The predicted molar refractivity (Wildman–Crippen MR) is 94.5 cm³/mol. The molecule has 1 aromatic carbocycles. The first-order valence-corrected chi connectivity index (χ1v) is 7.79. The zero-order valence-corrected chi connectivity index (χ0v) is 13.6. The quantitative estimate of drug-likeness (QED) is 0.535. The van der Waals surface area contributed by atoms with Gasteiger partial charge in [-0.1, -0.05) is 18.2 Å². The Labute approximate surface area is 144 Å². The van der Waals surface area contributed by atoms with Crippen molar-refractivity contribution in [2.45, 2.75) is 6.92 Å². The first kappa shape index (κ1) is 16.4. The second-order valence-electron chi connectivity index (χ2n) is 5.08. The zero-order chi connectivity index (χ0) is 17.5. The van der Waals surface area contributed by atoms with Crippen LogP contribution in [-0.2, 0) is 0 Å². The van der Waals surface area contributed by atoms with Gasteiger partial charge in [0.1, 0.15) is 11.4 Å². The van der Waals surface area contributed by atoms with Gasteiger partial charge in [0.15, 0.2) is 0 Å². The number of H-pyrrole nitrogens is 1. The second-order valence-corrected chi connectivity index (χ2v) is 5.08. The van der Waals surface area contributed by atoms with Crippen molar-refractivity contribution in [3.8, 4) is 17.0 Å². The topological polar surface area (TPSA) is 92.3 Å². The molecule has 3 aromatic rings. The molecule has 0 saturated heterocycles. The summed E-state index contributed by atoms with van der Waals surface area (Å²) in [5.41, 5.74) is 4.92. The summed E-state index contributed by atoms with van der Waals surface area (Å²) in [5, 5.41) is 10.8. The van der Waals surface area contributed by atoms with Crippen LogP contribution in [0, 0.1) is 0 Å². The van der Waals surface area contributed by atoms with Crippen molar-refractivity contribution in [2.75, 3.05) is 6.61 Å². The largest absolute Gasteiger partial charge is 0.494 e. The van der Waals surface area contributed by atoms with Crippen LogP contribution in [0.25, 0.3) is 11.3 Å². The summed E-state index contributed by atoms with van der Waals surface area (Å²) in [7, 11) is 0. The number of ether oxygens (including phenoxy) is 1. The molecule has 0 unspecified atom stereocenters. The maximum absolute atomic E-state index is 12.1. The highest BCUT2D eigenvalue weighted by molar-refractivity contribution is 5.94. The number of hydrazone groups is 1. The van der Waals surface area contributed by atoms with E-state index in [9.17, 15) is 4.79 Å². The monoisotopic (exact) mass is 335 g/mol. The van der Waals surface area contributed by atoms with Crippen molar-refractivity contribution in [3.05, 3.63) is 66.1 Å². The summed E-state index contributed by atoms with van der Waals surface area (Å²) in [6.45, 7) is 2.51. The van der Waals surface area contributed by atoms with Crippen LogP contribution in [0.2, 0.25) is 0 Å². The third-order valence-electron chi connectivity index (χ3n) is 3.31. The molecule has 126 valence electrons. The average Bonchev–Trinajstić information content (AvgIpc) is 3.13. The lowest BCUT2D eigenvalue weighted by Gasteiger charge is -2.03. The van der Waals surface area contributed by atoms with Gasteiger partial charge in [-0.3, -0.25) is 14.9 Å². The third-order valence-corrected chi connectivity index (χ3v) is 3.31. The molecule has 7 heteroatoms. The van der Waals surface area contributed by atoms with E-state index in [0.717, 1.165) is 11.3 Å². The molecule has 0 aliphatic heterocycles. The number of benzene rings is 1. The summed E-state index contributed by atoms with van der Waals surface area (Å²) in [6, 6.07) is 14.6. The van der Waals surface area contributed by atoms with Crippen molar-refractivity contribution in [3.63, 3.8) is 0 Å². The van der Waals surface area contributed by atoms with E-state index in [0.29, 0.717) is 23.7 Å². The molecular formula is C18H17N5O2. The smallest absolute Gasteiger partial charge is 0.289 e. The number of amides is 1. The number of carbonyl (C=O) groups is 1. The third kappa shape index (κ3) is 4.29. The number of pyridine rings is 1. The van der Waals surface area contributed by atoms with Crippen molar-refractivity contribution in [2.24, 2.45) is 5.10 Å². The van der Waals surface area contributed by atoms with Gasteiger partial charge in [-0.15, -0.1) is 0 Å². The molecule has 7 nitrogen and oxygen atoms in total. The van der Waals surface area contributed by atoms with E-state index in [4.69, 9.17) is 4.74 Å². The van der Waals surface area contributed by atoms with Gasteiger partial charge in [0.2, 0.25) is 0 Å². The van der Waals surface area contributed by atoms with Crippen molar-refractivity contribution in [1.29, 1.82) is 0 Å². The number of nitrogens with one attached hydrogen (secondary N) is 2. The molecule has 2 heterocycles. The number of aromatic amines is 1. The molecule has 2 aromatic heterocycles. The number of rotatable bonds is 6. The Hall–Kier alpha value is -3.48. The molecule has 0 atom stereocenters. The van der Waals surface area contributed by atoms with Crippen molar-refractivity contribution < 1.29 is 9.53 Å². The molecule has 0 radical (unpaired) electrons. The average molecular weight is 335 g/mol. The van der Waals surface area contributed by atoms with Gasteiger partial charge in [-0.2, -0.15) is 10.2 Å². The van der Waals surface area contributed by atoms with Gasteiger partial charge in [-0.25, -0.2) is 5.43 Å². The van der Waals surface area contributed by atoms with Crippen LogP contribution >= 0.6 is 0 Å². The highest BCUT2D eigenvalue weighted by Crippen LogP contribution is 2.22. The molecular weight excluding hydrogens is 318 g/mol. The Morgan fingerprint density at radius 3 is 3.00 bits per heavy atom. The van der Waals surface area contributed by atoms with Gasteiger partial charge < -0.3 is 4.74 Å². The van der Waals surface area contributed by atoms with Crippen LogP contribution in [0.5, 0.6) is 5.75 Å². The van der Waals surface area contributed by atoms with Gasteiger partial charge in [0.05, 0.1) is 24.2 Å². The maximum Gasteiger partial charge on any atom is 0.289 e. The molecule has 0 fully saturated rings. The van der Waals surface area contributed by atoms with Gasteiger partial charge in [0.25, 0.3) is 5.91 Å². The number of aromatic nitrogens is 3. The molecule has 1 amide bonds. The molecule has 0 aliphatic rings. The predicted octanol–water partition coefficient (Wildman–Crippen LogP) is 2.63.